The molecule has 3 unspecified atom stereocenters. The van der Waals surface area contributed by atoms with E-state index < -0.39 is 0 Å². The Hall–Kier alpha value is -0.760. The van der Waals surface area contributed by atoms with E-state index >= 15 is 0 Å². The summed E-state index contributed by atoms with van der Waals surface area (Å²) in [4.78, 5) is 0. The number of hydrogen-bond donors (Lipinski definition) is 1. The lowest BCUT2D eigenvalue weighted by Crippen LogP contribution is -2.35. The zero-order chi connectivity index (χ0) is 10.1. The maximum absolute atomic E-state index is 5.32. The van der Waals surface area contributed by atoms with Gasteiger partial charge < -0.3 is 9.73 Å². The fraction of sp³-hybridized carbons (Fsp3) is 0.692. The first-order valence-corrected chi connectivity index (χ1v) is 6.17. The highest BCUT2D eigenvalue weighted by Crippen LogP contribution is 2.44. The Labute approximate surface area is 91.0 Å². The van der Waals surface area contributed by atoms with Gasteiger partial charge >= 0.3 is 0 Å². The molecule has 82 valence electrons. The van der Waals surface area contributed by atoms with Crippen LogP contribution in [0.4, 0.5) is 0 Å². The number of furan rings is 1. The lowest BCUT2D eigenvalue weighted by atomic mass is 9.95. The van der Waals surface area contributed by atoms with Gasteiger partial charge in [0.15, 0.2) is 0 Å². The SMILES string of the molecule is c1coc(CCNC2CC3CCC2C3)c1. The van der Waals surface area contributed by atoms with E-state index in [0.717, 1.165) is 36.6 Å². The molecule has 2 saturated carbocycles. The van der Waals surface area contributed by atoms with Crippen molar-refractivity contribution in [1.82, 2.24) is 5.32 Å². The minimum atomic E-state index is 0.804. The molecule has 1 N–H and O–H groups in total. The standard InChI is InChI=1S/C13H19NO/c1-2-12(15-7-1)5-6-14-13-9-10-3-4-11(13)8-10/h1-2,7,10-11,13-14H,3-6,8-9H2. The van der Waals surface area contributed by atoms with Crippen LogP contribution in [0.25, 0.3) is 0 Å². The van der Waals surface area contributed by atoms with Crippen molar-refractivity contribution in [2.45, 2.75) is 38.1 Å². The van der Waals surface area contributed by atoms with Crippen molar-refractivity contribution in [3.05, 3.63) is 24.2 Å². The van der Waals surface area contributed by atoms with Gasteiger partial charge in [-0.05, 0) is 43.2 Å². The highest BCUT2D eigenvalue weighted by molar-refractivity contribution is 4.99. The quantitative estimate of drug-likeness (QED) is 0.817. The molecular weight excluding hydrogens is 186 g/mol. The topological polar surface area (TPSA) is 25.2 Å². The molecule has 2 bridgehead atoms. The third-order valence-corrected chi connectivity index (χ3v) is 4.10. The third kappa shape index (κ3) is 1.96. The summed E-state index contributed by atoms with van der Waals surface area (Å²) in [6.07, 6.45) is 8.64. The summed E-state index contributed by atoms with van der Waals surface area (Å²) in [5.41, 5.74) is 0. The second kappa shape index (κ2) is 4.01. The van der Waals surface area contributed by atoms with Crippen LogP contribution < -0.4 is 5.32 Å². The molecule has 3 rings (SSSR count). The zero-order valence-corrected chi connectivity index (χ0v) is 9.11. The maximum Gasteiger partial charge on any atom is 0.105 e. The molecule has 3 atom stereocenters. The van der Waals surface area contributed by atoms with Crippen molar-refractivity contribution in [2.75, 3.05) is 6.54 Å². The van der Waals surface area contributed by atoms with E-state index in [1.165, 1.54) is 25.7 Å². The van der Waals surface area contributed by atoms with Crippen LogP contribution in [-0.4, -0.2) is 12.6 Å². The van der Waals surface area contributed by atoms with Gasteiger partial charge in [-0.25, -0.2) is 0 Å². The van der Waals surface area contributed by atoms with Crippen LogP contribution in [-0.2, 0) is 6.42 Å². The van der Waals surface area contributed by atoms with Gasteiger partial charge in [0.05, 0.1) is 6.26 Å². The van der Waals surface area contributed by atoms with E-state index in [1.54, 1.807) is 6.26 Å². The number of rotatable bonds is 4. The predicted octanol–water partition coefficient (Wildman–Crippen LogP) is 2.60. The molecule has 0 radical (unpaired) electrons. The largest absolute Gasteiger partial charge is 0.469 e. The first kappa shape index (κ1) is 9.46. The summed E-state index contributed by atoms with van der Waals surface area (Å²) in [6, 6.07) is 4.83. The lowest BCUT2D eigenvalue weighted by Gasteiger charge is -2.22. The van der Waals surface area contributed by atoms with Gasteiger partial charge in [-0.15, -0.1) is 0 Å². The molecule has 1 heterocycles. The van der Waals surface area contributed by atoms with Crippen molar-refractivity contribution < 1.29 is 4.42 Å². The Balaban J connectivity index is 1.43. The van der Waals surface area contributed by atoms with Gasteiger partial charge in [-0.3, -0.25) is 0 Å². The van der Waals surface area contributed by atoms with E-state index in [1.807, 2.05) is 6.07 Å². The zero-order valence-electron chi connectivity index (χ0n) is 9.11. The smallest absolute Gasteiger partial charge is 0.105 e. The van der Waals surface area contributed by atoms with E-state index in [9.17, 15) is 0 Å². The summed E-state index contributed by atoms with van der Waals surface area (Å²) in [5.74, 6) is 3.12. The average molecular weight is 205 g/mol. The first-order valence-electron chi connectivity index (χ1n) is 6.17. The van der Waals surface area contributed by atoms with Crippen molar-refractivity contribution in [1.29, 1.82) is 0 Å². The molecule has 0 aliphatic heterocycles. The second-order valence-corrected chi connectivity index (χ2v) is 5.06. The Morgan fingerprint density at radius 2 is 2.33 bits per heavy atom. The molecule has 0 saturated heterocycles. The van der Waals surface area contributed by atoms with Crippen LogP contribution in [0.15, 0.2) is 22.8 Å². The minimum absolute atomic E-state index is 0.804. The van der Waals surface area contributed by atoms with Gasteiger partial charge in [-0.2, -0.15) is 0 Å². The highest BCUT2D eigenvalue weighted by atomic mass is 16.3. The van der Waals surface area contributed by atoms with Crippen molar-refractivity contribution in [3.8, 4) is 0 Å². The number of nitrogens with one attached hydrogen (secondary N) is 1. The van der Waals surface area contributed by atoms with Crippen molar-refractivity contribution in [2.24, 2.45) is 11.8 Å². The summed E-state index contributed by atoms with van der Waals surface area (Å²) < 4.78 is 5.32. The average Bonchev–Trinajstić information content (AvgIpc) is 2.93. The summed E-state index contributed by atoms with van der Waals surface area (Å²) in [5, 5.41) is 3.69. The molecule has 0 spiro atoms. The van der Waals surface area contributed by atoms with Crippen LogP contribution in [0.2, 0.25) is 0 Å². The Morgan fingerprint density at radius 1 is 1.33 bits per heavy atom. The van der Waals surface area contributed by atoms with Crippen LogP contribution in [0, 0.1) is 11.8 Å². The summed E-state index contributed by atoms with van der Waals surface area (Å²) in [7, 11) is 0. The fourth-order valence-electron chi connectivity index (χ4n) is 3.33. The molecule has 0 amide bonds. The molecule has 1 aromatic rings. The molecule has 2 fully saturated rings. The van der Waals surface area contributed by atoms with Crippen LogP contribution in [0.3, 0.4) is 0 Å². The van der Waals surface area contributed by atoms with Gasteiger partial charge in [-0.1, -0.05) is 6.42 Å². The van der Waals surface area contributed by atoms with Crippen molar-refractivity contribution in [3.63, 3.8) is 0 Å². The monoisotopic (exact) mass is 205 g/mol. The minimum Gasteiger partial charge on any atom is -0.469 e. The van der Waals surface area contributed by atoms with E-state index in [-0.39, 0.29) is 0 Å². The maximum atomic E-state index is 5.32. The second-order valence-electron chi connectivity index (χ2n) is 5.06. The van der Waals surface area contributed by atoms with E-state index in [4.69, 9.17) is 4.42 Å². The molecule has 0 aromatic carbocycles. The molecular formula is C13H19NO. The Kier molecular flexibility index (Phi) is 2.53. The molecule has 1 aromatic heterocycles. The van der Waals surface area contributed by atoms with Crippen molar-refractivity contribution >= 4 is 0 Å². The molecule has 2 aliphatic carbocycles. The van der Waals surface area contributed by atoms with Crippen LogP contribution in [0.1, 0.15) is 31.4 Å². The molecule has 2 aliphatic rings. The number of fused-ring (bicyclic) bond motifs is 2. The number of hydrogen-bond acceptors (Lipinski definition) is 2. The molecule has 2 heteroatoms. The summed E-state index contributed by atoms with van der Waals surface area (Å²) >= 11 is 0. The lowest BCUT2D eigenvalue weighted by molar-refractivity contribution is 0.350. The summed E-state index contributed by atoms with van der Waals surface area (Å²) in [6.45, 7) is 1.07. The molecule has 2 nitrogen and oxygen atoms in total. The third-order valence-electron chi connectivity index (χ3n) is 4.10. The first-order chi connectivity index (χ1) is 7.42. The van der Waals surface area contributed by atoms with Gasteiger partial charge in [0.2, 0.25) is 0 Å². The Morgan fingerprint density at radius 3 is 3.00 bits per heavy atom. The fourth-order valence-corrected chi connectivity index (χ4v) is 3.33. The van der Waals surface area contributed by atoms with Gasteiger partial charge in [0.25, 0.3) is 0 Å². The van der Waals surface area contributed by atoms with E-state index in [2.05, 4.69) is 11.4 Å². The van der Waals surface area contributed by atoms with E-state index in [0.29, 0.717) is 0 Å². The normalized spacial score (nSPS) is 33.7. The van der Waals surface area contributed by atoms with Crippen LogP contribution in [0.5, 0.6) is 0 Å². The Bertz CT molecular complexity index is 306. The molecule has 15 heavy (non-hydrogen) atoms. The van der Waals surface area contributed by atoms with Gasteiger partial charge in [0.1, 0.15) is 5.76 Å². The highest BCUT2D eigenvalue weighted by Gasteiger charge is 2.38. The van der Waals surface area contributed by atoms with Gasteiger partial charge in [0, 0.05) is 19.0 Å². The predicted molar refractivity (Wildman–Crippen MR) is 59.7 cm³/mol. The van der Waals surface area contributed by atoms with Crippen LogP contribution >= 0.6 is 0 Å².